The zero-order valence-electron chi connectivity index (χ0n) is 20.5. The summed E-state index contributed by atoms with van der Waals surface area (Å²) in [6, 6.07) is 7.02. The van der Waals surface area contributed by atoms with Gasteiger partial charge in [0.05, 0.1) is 34.5 Å². The standard InChI is InChI=1S/C13H20BNO3.C10H12BrNO3/c1-12(2)13(3,4)18-14(17-12)10-6-7-15-11(8-10)9-16-5;1-6(2)15-10-5-8(11)7(3)4-9(10)12(13)14/h6-8H,9H2,1-5H3;4-6H,1-3H3. The Balaban J connectivity index is 0.000000238. The molecular formula is C23H32BBrN2O6. The molecule has 8 nitrogen and oxygen atoms in total. The first-order valence-corrected chi connectivity index (χ1v) is 11.5. The van der Waals surface area contributed by atoms with Gasteiger partial charge in [-0.05, 0) is 71.6 Å². The summed E-state index contributed by atoms with van der Waals surface area (Å²) in [5.41, 5.74) is 2.05. The Morgan fingerprint density at radius 3 is 2.30 bits per heavy atom. The normalized spacial score (nSPS) is 16.4. The lowest BCUT2D eigenvalue weighted by molar-refractivity contribution is -0.386. The SMILES string of the molecule is COCc1cc(B2OC(C)(C)C(C)(C)O2)ccn1.Cc1cc([N+](=O)[O-])c(OC(C)C)cc1Br. The van der Waals surface area contributed by atoms with Gasteiger partial charge in [-0.15, -0.1) is 0 Å². The number of benzene rings is 1. The Morgan fingerprint density at radius 1 is 1.18 bits per heavy atom. The summed E-state index contributed by atoms with van der Waals surface area (Å²) < 4.78 is 23.2. The van der Waals surface area contributed by atoms with Crippen LogP contribution in [0.5, 0.6) is 5.75 Å². The van der Waals surface area contributed by atoms with Gasteiger partial charge in [0.25, 0.3) is 0 Å². The van der Waals surface area contributed by atoms with Crippen molar-refractivity contribution >= 4 is 34.2 Å². The van der Waals surface area contributed by atoms with E-state index < -0.39 is 4.92 Å². The second-order valence-electron chi connectivity index (χ2n) is 9.09. The van der Waals surface area contributed by atoms with E-state index in [1.165, 1.54) is 6.07 Å². The molecule has 33 heavy (non-hydrogen) atoms. The van der Waals surface area contributed by atoms with E-state index in [9.17, 15) is 10.1 Å². The number of hydrogen-bond donors (Lipinski definition) is 0. The molecule has 0 N–H and O–H groups in total. The number of ether oxygens (including phenoxy) is 2. The van der Waals surface area contributed by atoms with E-state index in [1.807, 2.05) is 53.7 Å². The molecule has 2 aromatic rings. The second kappa shape index (κ2) is 10.9. The molecule has 0 radical (unpaired) electrons. The number of nitrogens with zero attached hydrogens (tertiary/aromatic N) is 2. The maximum atomic E-state index is 10.8. The number of methoxy groups -OCH3 is 1. The van der Waals surface area contributed by atoms with Gasteiger partial charge in [0, 0.05) is 29.9 Å². The molecule has 1 aromatic carbocycles. The van der Waals surface area contributed by atoms with E-state index in [-0.39, 0.29) is 30.1 Å². The van der Waals surface area contributed by atoms with Crippen molar-refractivity contribution in [3.05, 3.63) is 56.3 Å². The molecule has 1 aromatic heterocycles. The van der Waals surface area contributed by atoms with Crippen molar-refractivity contribution in [2.24, 2.45) is 0 Å². The summed E-state index contributed by atoms with van der Waals surface area (Å²) in [5.74, 6) is 0.299. The van der Waals surface area contributed by atoms with Gasteiger partial charge in [0.2, 0.25) is 0 Å². The first-order chi connectivity index (χ1) is 15.3. The van der Waals surface area contributed by atoms with Crippen LogP contribution in [0.15, 0.2) is 34.9 Å². The zero-order valence-corrected chi connectivity index (χ0v) is 22.1. The number of rotatable bonds is 6. The highest BCUT2D eigenvalue weighted by molar-refractivity contribution is 9.10. The molecule has 0 aliphatic carbocycles. The maximum absolute atomic E-state index is 10.8. The number of aryl methyl sites for hydroxylation is 1. The predicted molar refractivity (Wildman–Crippen MR) is 132 cm³/mol. The number of aromatic nitrogens is 1. The van der Waals surface area contributed by atoms with Crippen LogP contribution in [0.4, 0.5) is 5.69 Å². The van der Waals surface area contributed by atoms with Crippen molar-refractivity contribution < 1.29 is 23.7 Å². The third-order valence-corrected chi connectivity index (χ3v) is 6.31. The van der Waals surface area contributed by atoms with Crippen molar-refractivity contribution in [1.82, 2.24) is 4.98 Å². The molecular weight excluding hydrogens is 491 g/mol. The quantitative estimate of drug-likeness (QED) is 0.300. The average Bonchev–Trinajstić information content (AvgIpc) is 2.92. The molecule has 10 heteroatoms. The van der Waals surface area contributed by atoms with E-state index in [2.05, 4.69) is 20.9 Å². The average molecular weight is 523 g/mol. The minimum Gasteiger partial charge on any atom is -0.484 e. The van der Waals surface area contributed by atoms with Crippen LogP contribution in [0.1, 0.15) is 52.8 Å². The molecule has 1 aliphatic rings. The van der Waals surface area contributed by atoms with E-state index in [4.69, 9.17) is 18.8 Å². The van der Waals surface area contributed by atoms with Crippen LogP contribution < -0.4 is 10.2 Å². The molecule has 0 bridgehead atoms. The third kappa shape index (κ3) is 6.99. The van der Waals surface area contributed by atoms with Crippen molar-refractivity contribution in [1.29, 1.82) is 0 Å². The Labute approximate surface area is 204 Å². The molecule has 180 valence electrons. The number of nitro benzene ring substituents is 1. The second-order valence-corrected chi connectivity index (χ2v) is 9.95. The fourth-order valence-corrected chi connectivity index (χ4v) is 3.31. The van der Waals surface area contributed by atoms with Gasteiger partial charge in [0.1, 0.15) is 0 Å². The minimum absolute atomic E-state index is 0.00407. The topological polar surface area (TPSA) is 93.0 Å². The summed E-state index contributed by atoms with van der Waals surface area (Å²) in [4.78, 5) is 14.6. The van der Waals surface area contributed by atoms with Crippen LogP contribution in [-0.4, -0.2) is 41.4 Å². The predicted octanol–water partition coefficient (Wildman–Crippen LogP) is 4.98. The van der Waals surface area contributed by atoms with Gasteiger partial charge in [-0.25, -0.2) is 0 Å². The van der Waals surface area contributed by atoms with Crippen LogP contribution >= 0.6 is 15.9 Å². The monoisotopic (exact) mass is 522 g/mol. The van der Waals surface area contributed by atoms with Gasteiger partial charge in [0.15, 0.2) is 5.75 Å². The summed E-state index contributed by atoms with van der Waals surface area (Å²) in [6.07, 6.45) is 1.67. The molecule has 1 aliphatic heterocycles. The lowest BCUT2D eigenvalue weighted by Gasteiger charge is -2.32. The van der Waals surface area contributed by atoms with E-state index in [0.29, 0.717) is 12.4 Å². The van der Waals surface area contributed by atoms with Crippen LogP contribution in [0.3, 0.4) is 0 Å². The van der Waals surface area contributed by atoms with Crippen LogP contribution in [0.2, 0.25) is 0 Å². The first kappa shape index (κ1) is 27.2. The van der Waals surface area contributed by atoms with Crippen molar-refractivity contribution in [3.63, 3.8) is 0 Å². The minimum atomic E-state index is -0.433. The fraction of sp³-hybridized carbons (Fsp3) is 0.522. The van der Waals surface area contributed by atoms with Gasteiger partial charge in [-0.2, -0.15) is 0 Å². The molecule has 2 heterocycles. The number of pyridine rings is 1. The molecule has 3 rings (SSSR count). The molecule has 0 spiro atoms. The molecule has 1 fully saturated rings. The largest absolute Gasteiger partial charge is 0.494 e. The van der Waals surface area contributed by atoms with Gasteiger partial charge < -0.3 is 18.8 Å². The highest BCUT2D eigenvalue weighted by Crippen LogP contribution is 2.36. The van der Waals surface area contributed by atoms with Gasteiger partial charge in [-0.3, -0.25) is 15.1 Å². The summed E-state index contributed by atoms with van der Waals surface area (Å²) in [6.45, 7) is 14.1. The summed E-state index contributed by atoms with van der Waals surface area (Å²) >= 11 is 3.32. The van der Waals surface area contributed by atoms with Crippen molar-refractivity contribution in [2.45, 2.75) is 72.4 Å². The lowest BCUT2D eigenvalue weighted by atomic mass is 9.79. The molecule has 0 amide bonds. The summed E-state index contributed by atoms with van der Waals surface area (Å²) in [5, 5.41) is 10.8. The van der Waals surface area contributed by atoms with Crippen LogP contribution in [-0.2, 0) is 20.7 Å². The van der Waals surface area contributed by atoms with Gasteiger partial charge >= 0.3 is 12.8 Å². The Bertz CT molecular complexity index is 967. The Morgan fingerprint density at radius 2 is 1.79 bits per heavy atom. The first-order valence-electron chi connectivity index (χ1n) is 10.7. The van der Waals surface area contributed by atoms with E-state index in [1.54, 1.807) is 26.3 Å². The zero-order chi connectivity index (χ0) is 25.0. The number of hydrogen-bond acceptors (Lipinski definition) is 7. The smallest absolute Gasteiger partial charge is 0.484 e. The molecule has 0 unspecified atom stereocenters. The Kier molecular flexibility index (Phi) is 9.04. The van der Waals surface area contributed by atoms with Crippen LogP contribution in [0, 0.1) is 17.0 Å². The third-order valence-electron chi connectivity index (χ3n) is 5.46. The fourth-order valence-electron chi connectivity index (χ4n) is 2.99. The van der Waals surface area contributed by atoms with Crippen LogP contribution in [0.25, 0.3) is 0 Å². The highest BCUT2D eigenvalue weighted by Gasteiger charge is 2.51. The van der Waals surface area contributed by atoms with Crippen molar-refractivity contribution in [3.8, 4) is 5.75 Å². The summed E-state index contributed by atoms with van der Waals surface area (Å²) in [7, 11) is 1.32. The number of halogens is 1. The Hall–Kier alpha value is -2.01. The number of nitro groups is 1. The van der Waals surface area contributed by atoms with E-state index in [0.717, 1.165) is 21.2 Å². The maximum Gasteiger partial charge on any atom is 0.494 e. The molecule has 0 atom stereocenters. The molecule has 0 saturated carbocycles. The van der Waals surface area contributed by atoms with E-state index >= 15 is 0 Å². The lowest BCUT2D eigenvalue weighted by Crippen LogP contribution is -2.41. The van der Waals surface area contributed by atoms with Gasteiger partial charge in [-0.1, -0.05) is 15.9 Å². The highest BCUT2D eigenvalue weighted by atomic mass is 79.9. The van der Waals surface area contributed by atoms with Crippen molar-refractivity contribution in [2.75, 3.05) is 7.11 Å². The molecule has 1 saturated heterocycles.